The number of halogens is 1. The van der Waals surface area contributed by atoms with Crippen LogP contribution >= 0.6 is 24.0 Å². The number of carbonyl (C=O) groups is 1. The van der Waals surface area contributed by atoms with Crippen molar-refractivity contribution in [2.45, 2.75) is 84.4 Å². The van der Waals surface area contributed by atoms with Gasteiger partial charge in [-0.15, -0.1) is 24.0 Å². The van der Waals surface area contributed by atoms with Crippen LogP contribution in [0.15, 0.2) is 4.99 Å². The fourth-order valence-corrected chi connectivity index (χ4v) is 4.07. The average Bonchev–Trinajstić information content (AvgIpc) is 2.71. The van der Waals surface area contributed by atoms with Gasteiger partial charge in [-0.25, -0.2) is 0 Å². The van der Waals surface area contributed by atoms with Crippen LogP contribution in [0.4, 0.5) is 0 Å². The molecule has 176 valence electrons. The van der Waals surface area contributed by atoms with Crippen LogP contribution in [-0.4, -0.2) is 74.8 Å². The Morgan fingerprint density at radius 1 is 1.17 bits per heavy atom. The molecular weight excluding hydrogens is 493 g/mol. The molecule has 7 nitrogen and oxygen atoms in total. The van der Waals surface area contributed by atoms with Crippen LogP contribution in [0.25, 0.3) is 0 Å². The molecular formula is C22H44IN5O2. The van der Waals surface area contributed by atoms with Gasteiger partial charge in [0.15, 0.2) is 5.96 Å². The highest BCUT2D eigenvalue weighted by Gasteiger charge is 2.49. The summed E-state index contributed by atoms with van der Waals surface area (Å²) in [6, 6.07) is 0.777. The van der Waals surface area contributed by atoms with Gasteiger partial charge in [0, 0.05) is 50.8 Å². The Morgan fingerprint density at radius 2 is 1.87 bits per heavy atom. The zero-order valence-electron chi connectivity index (χ0n) is 19.6. The van der Waals surface area contributed by atoms with Crippen molar-refractivity contribution in [1.29, 1.82) is 0 Å². The molecule has 0 aromatic heterocycles. The van der Waals surface area contributed by atoms with Gasteiger partial charge in [-0.05, 0) is 32.1 Å². The fourth-order valence-electron chi connectivity index (χ4n) is 4.07. The normalized spacial score (nSPS) is 24.5. The number of amides is 1. The fraction of sp³-hybridized carbons (Fsp3) is 0.909. The SMILES string of the molecule is CCCCOC1CC(NC(=NC)NC2CCN(CC(=O)NCCC)CC2)C1(C)C.I. The molecule has 0 radical (unpaired) electrons. The predicted octanol–water partition coefficient (Wildman–Crippen LogP) is 2.74. The summed E-state index contributed by atoms with van der Waals surface area (Å²) in [5.41, 5.74) is 0.112. The molecule has 1 aliphatic heterocycles. The van der Waals surface area contributed by atoms with E-state index in [1.165, 1.54) is 6.42 Å². The molecule has 2 fully saturated rings. The molecule has 1 amide bonds. The van der Waals surface area contributed by atoms with E-state index in [0.717, 1.165) is 64.3 Å². The minimum Gasteiger partial charge on any atom is -0.378 e. The van der Waals surface area contributed by atoms with Crippen molar-refractivity contribution in [3.63, 3.8) is 0 Å². The molecule has 1 saturated carbocycles. The number of nitrogens with one attached hydrogen (secondary N) is 3. The molecule has 0 aromatic rings. The second-order valence-corrected chi connectivity index (χ2v) is 9.08. The van der Waals surface area contributed by atoms with E-state index in [1.807, 2.05) is 7.05 Å². The highest BCUT2D eigenvalue weighted by molar-refractivity contribution is 14.0. The number of unbranched alkanes of at least 4 members (excludes halogenated alkanes) is 1. The molecule has 1 heterocycles. The van der Waals surface area contributed by atoms with Gasteiger partial charge in [0.2, 0.25) is 5.91 Å². The molecule has 2 unspecified atom stereocenters. The third-order valence-corrected chi connectivity index (χ3v) is 6.40. The van der Waals surface area contributed by atoms with Crippen molar-refractivity contribution >= 4 is 35.8 Å². The molecule has 2 atom stereocenters. The van der Waals surface area contributed by atoms with Crippen molar-refractivity contribution in [3.8, 4) is 0 Å². The van der Waals surface area contributed by atoms with E-state index >= 15 is 0 Å². The molecule has 2 rings (SSSR count). The van der Waals surface area contributed by atoms with Gasteiger partial charge in [-0.1, -0.05) is 34.1 Å². The van der Waals surface area contributed by atoms with E-state index in [1.54, 1.807) is 0 Å². The van der Waals surface area contributed by atoms with Crippen LogP contribution in [0.2, 0.25) is 0 Å². The highest BCUT2D eigenvalue weighted by Crippen LogP contribution is 2.42. The van der Waals surface area contributed by atoms with Gasteiger partial charge in [0.25, 0.3) is 0 Å². The maximum Gasteiger partial charge on any atom is 0.234 e. The predicted molar refractivity (Wildman–Crippen MR) is 135 cm³/mol. The van der Waals surface area contributed by atoms with E-state index in [9.17, 15) is 4.79 Å². The number of nitrogens with zero attached hydrogens (tertiary/aromatic N) is 2. The number of ether oxygens (including phenoxy) is 1. The summed E-state index contributed by atoms with van der Waals surface area (Å²) < 4.78 is 6.06. The second-order valence-electron chi connectivity index (χ2n) is 9.08. The molecule has 1 aliphatic carbocycles. The molecule has 30 heavy (non-hydrogen) atoms. The topological polar surface area (TPSA) is 78.0 Å². The number of hydrogen-bond acceptors (Lipinski definition) is 4. The van der Waals surface area contributed by atoms with E-state index in [-0.39, 0.29) is 35.3 Å². The van der Waals surface area contributed by atoms with Gasteiger partial charge in [-0.3, -0.25) is 14.7 Å². The maximum absolute atomic E-state index is 11.9. The van der Waals surface area contributed by atoms with Gasteiger partial charge < -0.3 is 20.7 Å². The summed E-state index contributed by atoms with van der Waals surface area (Å²) in [7, 11) is 1.84. The van der Waals surface area contributed by atoms with Crippen molar-refractivity contribution in [3.05, 3.63) is 0 Å². The molecule has 3 N–H and O–H groups in total. The van der Waals surface area contributed by atoms with Gasteiger partial charge in [0.1, 0.15) is 0 Å². The first-order valence-corrected chi connectivity index (χ1v) is 11.5. The lowest BCUT2D eigenvalue weighted by Gasteiger charge is -2.52. The third kappa shape index (κ3) is 8.15. The summed E-state index contributed by atoms with van der Waals surface area (Å²) in [4.78, 5) is 18.6. The van der Waals surface area contributed by atoms with Crippen LogP contribution in [0.1, 0.15) is 66.2 Å². The molecule has 0 bridgehead atoms. The zero-order chi connectivity index (χ0) is 21.3. The van der Waals surface area contributed by atoms with Crippen molar-refractivity contribution in [1.82, 2.24) is 20.9 Å². The molecule has 0 aromatic carbocycles. The van der Waals surface area contributed by atoms with Gasteiger partial charge in [-0.2, -0.15) is 0 Å². The number of guanidine groups is 1. The van der Waals surface area contributed by atoms with Crippen LogP contribution in [0.5, 0.6) is 0 Å². The maximum atomic E-state index is 11.9. The highest BCUT2D eigenvalue weighted by atomic mass is 127. The summed E-state index contributed by atoms with van der Waals surface area (Å²) >= 11 is 0. The number of rotatable bonds is 10. The number of likely N-dealkylation sites (tertiary alicyclic amines) is 1. The Balaban J connectivity index is 0.00000450. The van der Waals surface area contributed by atoms with Crippen LogP contribution in [0.3, 0.4) is 0 Å². The van der Waals surface area contributed by atoms with Crippen LogP contribution < -0.4 is 16.0 Å². The molecule has 0 spiro atoms. The summed E-state index contributed by atoms with van der Waals surface area (Å²) in [5, 5.41) is 10.2. The standard InChI is InChI=1S/C22H43N5O2.HI/c1-6-8-14-29-19-15-18(22(19,3)4)26-21(23-5)25-17-9-12-27(13-10-17)16-20(28)24-11-7-2;/h17-19H,6-16H2,1-5H3,(H,24,28)(H2,23,25,26);1H. The van der Waals surface area contributed by atoms with E-state index in [0.29, 0.717) is 24.7 Å². The third-order valence-electron chi connectivity index (χ3n) is 6.40. The number of piperidine rings is 1. The van der Waals surface area contributed by atoms with Crippen molar-refractivity contribution in [2.75, 3.05) is 39.8 Å². The first-order valence-electron chi connectivity index (χ1n) is 11.5. The monoisotopic (exact) mass is 537 g/mol. The first-order chi connectivity index (χ1) is 13.9. The summed E-state index contributed by atoms with van der Waals surface area (Å²) in [6.07, 6.45) is 6.69. The van der Waals surface area contributed by atoms with Crippen molar-refractivity contribution in [2.24, 2.45) is 10.4 Å². The molecule has 1 saturated heterocycles. The number of carbonyl (C=O) groups excluding carboxylic acids is 1. The smallest absolute Gasteiger partial charge is 0.234 e. The Bertz CT molecular complexity index is 536. The Hall–Kier alpha value is -0.610. The average molecular weight is 538 g/mol. The minimum absolute atomic E-state index is 0. The summed E-state index contributed by atoms with van der Waals surface area (Å²) in [6.45, 7) is 12.8. The lowest BCUT2D eigenvalue weighted by Crippen LogP contribution is -2.64. The van der Waals surface area contributed by atoms with Crippen LogP contribution in [-0.2, 0) is 9.53 Å². The second kappa shape index (κ2) is 13.7. The Labute approximate surface area is 200 Å². The summed E-state index contributed by atoms with van der Waals surface area (Å²) in [5.74, 6) is 1.02. The molecule has 2 aliphatic rings. The van der Waals surface area contributed by atoms with E-state index in [2.05, 4.69) is 53.5 Å². The Kier molecular flexibility index (Phi) is 12.5. The van der Waals surface area contributed by atoms with Gasteiger partial charge >= 0.3 is 0 Å². The zero-order valence-corrected chi connectivity index (χ0v) is 22.0. The quantitative estimate of drug-likeness (QED) is 0.173. The molecule has 8 heteroatoms. The number of aliphatic imine (C=N–C) groups is 1. The Morgan fingerprint density at radius 3 is 2.43 bits per heavy atom. The van der Waals surface area contributed by atoms with E-state index < -0.39 is 0 Å². The first kappa shape index (κ1) is 27.4. The van der Waals surface area contributed by atoms with E-state index in [4.69, 9.17) is 4.74 Å². The van der Waals surface area contributed by atoms with Crippen molar-refractivity contribution < 1.29 is 9.53 Å². The minimum atomic E-state index is 0. The lowest BCUT2D eigenvalue weighted by atomic mass is 9.64. The number of hydrogen-bond donors (Lipinski definition) is 3. The lowest BCUT2D eigenvalue weighted by molar-refractivity contribution is -0.122. The van der Waals surface area contributed by atoms with Crippen LogP contribution in [0, 0.1) is 5.41 Å². The van der Waals surface area contributed by atoms with Gasteiger partial charge in [0.05, 0.1) is 12.6 Å². The largest absolute Gasteiger partial charge is 0.378 e.